The second-order valence-corrected chi connectivity index (χ2v) is 11.9. The number of aliphatic hydroxyl groups excluding tert-OH is 1. The van der Waals surface area contributed by atoms with Gasteiger partial charge >= 0.3 is 0 Å². The summed E-state index contributed by atoms with van der Waals surface area (Å²) in [6.45, 7) is 6.12. The van der Waals surface area contributed by atoms with Crippen molar-refractivity contribution in [3.05, 3.63) is 70.1 Å². The first-order valence-corrected chi connectivity index (χ1v) is 14.5. The summed E-state index contributed by atoms with van der Waals surface area (Å²) in [5.74, 6) is -0.670. The number of halogens is 2. The molecule has 3 heterocycles. The fraction of sp³-hybridized carbons (Fsp3) is 0.419. The number of carbonyl (C=O) groups is 2. The van der Waals surface area contributed by atoms with Gasteiger partial charge in [-0.25, -0.2) is 14.4 Å². The predicted octanol–water partition coefficient (Wildman–Crippen LogP) is 4.51. The van der Waals surface area contributed by atoms with Crippen molar-refractivity contribution >= 4 is 29.4 Å². The first kappa shape index (κ1) is 30.7. The van der Waals surface area contributed by atoms with Gasteiger partial charge in [-0.15, -0.1) is 0 Å². The minimum Gasteiger partial charge on any atom is -0.497 e. The predicted molar refractivity (Wildman–Crippen MR) is 159 cm³/mol. The molecule has 1 unspecified atom stereocenters. The third kappa shape index (κ3) is 6.74. The highest BCUT2D eigenvalue weighted by Gasteiger charge is 2.35. The lowest BCUT2D eigenvalue weighted by atomic mass is 9.94. The largest absolute Gasteiger partial charge is 0.497 e. The smallest absolute Gasteiger partial charge is 0.255 e. The van der Waals surface area contributed by atoms with Crippen LogP contribution in [0.5, 0.6) is 5.75 Å². The maximum atomic E-state index is 14.0. The number of nitrogens with zero attached hydrogens (tertiary/aromatic N) is 3. The van der Waals surface area contributed by atoms with E-state index in [1.165, 1.54) is 36.4 Å². The molecule has 0 saturated carbocycles. The van der Waals surface area contributed by atoms with Crippen LogP contribution < -0.4 is 15.4 Å². The fourth-order valence-corrected chi connectivity index (χ4v) is 5.73. The normalized spacial score (nSPS) is 19.0. The van der Waals surface area contributed by atoms with Crippen molar-refractivity contribution in [3.8, 4) is 17.0 Å². The van der Waals surface area contributed by atoms with Gasteiger partial charge in [-0.1, -0.05) is 23.7 Å². The minimum atomic E-state index is -0.888. The van der Waals surface area contributed by atoms with Gasteiger partial charge in [0.05, 0.1) is 42.3 Å². The third-order valence-corrected chi connectivity index (χ3v) is 8.14. The van der Waals surface area contributed by atoms with E-state index in [0.717, 1.165) is 18.4 Å². The zero-order valence-electron chi connectivity index (χ0n) is 24.5. The minimum absolute atomic E-state index is 0.147. The lowest BCUT2D eigenvalue weighted by Crippen LogP contribution is -2.46. The van der Waals surface area contributed by atoms with Crippen molar-refractivity contribution in [1.29, 1.82) is 0 Å². The van der Waals surface area contributed by atoms with Gasteiger partial charge in [0.15, 0.2) is 0 Å². The van der Waals surface area contributed by atoms with Gasteiger partial charge in [0.25, 0.3) is 5.91 Å². The Kier molecular flexibility index (Phi) is 8.86. The number of aliphatic hydroxyl groups is 1. The number of benzene rings is 2. The van der Waals surface area contributed by atoms with Crippen molar-refractivity contribution in [1.82, 2.24) is 20.2 Å². The lowest BCUT2D eigenvalue weighted by Gasteiger charge is -2.35. The number of anilines is 1. The molecular formula is C31H35ClFN5O5. The second-order valence-electron chi connectivity index (χ2n) is 11.5. The summed E-state index contributed by atoms with van der Waals surface area (Å²) in [5.41, 5.74) is 2.45. The number of hydrogen-bond acceptors (Lipinski definition) is 8. The molecule has 1 fully saturated rings. The maximum Gasteiger partial charge on any atom is 0.255 e. The Morgan fingerprint density at radius 2 is 2.09 bits per heavy atom. The van der Waals surface area contributed by atoms with Crippen LogP contribution in [-0.2, 0) is 16.1 Å². The van der Waals surface area contributed by atoms with Crippen LogP contribution >= 0.6 is 11.6 Å². The van der Waals surface area contributed by atoms with Crippen LogP contribution in [0.1, 0.15) is 61.1 Å². The van der Waals surface area contributed by atoms with E-state index in [1.807, 2.05) is 12.1 Å². The van der Waals surface area contributed by atoms with Crippen LogP contribution in [0.4, 0.5) is 10.3 Å². The van der Waals surface area contributed by atoms with Gasteiger partial charge in [-0.3, -0.25) is 9.59 Å². The molecule has 12 heteroatoms. The Morgan fingerprint density at radius 1 is 1.30 bits per heavy atom. The van der Waals surface area contributed by atoms with Crippen molar-refractivity contribution in [2.45, 2.75) is 63.9 Å². The van der Waals surface area contributed by atoms with E-state index in [9.17, 15) is 19.1 Å². The van der Waals surface area contributed by atoms with E-state index in [0.29, 0.717) is 40.0 Å². The molecule has 0 spiro atoms. The number of fused-ring (bicyclic) bond motifs is 1. The van der Waals surface area contributed by atoms with E-state index in [-0.39, 0.29) is 29.8 Å². The number of methoxy groups -OCH3 is 1. The van der Waals surface area contributed by atoms with E-state index < -0.39 is 30.4 Å². The molecule has 3 aromatic rings. The summed E-state index contributed by atoms with van der Waals surface area (Å²) in [6.07, 6.45) is 3.17. The average molecular weight is 612 g/mol. The summed E-state index contributed by atoms with van der Waals surface area (Å²) < 4.78 is 24.9. The number of aromatic nitrogens is 2. The highest BCUT2D eigenvalue weighted by Crippen LogP contribution is 2.33. The van der Waals surface area contributed by atoms with Crippen LogP contribution in [0, 0.1) is 5.82 Å². The molecule has 3 N–H and O–H groups in total. The highest BCUT2D eigenvalue weighted by molar-refractivity contribution is 6.33. The van der Waals surface area contributed by atoms with E-state index in [1.54, 1.807) is 13.0 Å². The van der Waals surface area contributed by atoms with Crippen LogP contribution in [0.15, 0.2) is 42.6 Å². The number of rotatable bonds is 9. The Labute approximate surface area is 254 Å². The molecule has 43 heavy (non-hydrogen) atoms. The monoisotopic (exact) mass is 611 g/mol. The summed E-state index contributed by atoms with van der Waals surface area (Å²) in [4.78, 5) is 37.2. The Morgan fingerprint density at radius 3 is 2.81 bits per heavy atom. The second kappa shape index (κ2) is 12.4. The SMILES string of the molecule is COc1cc(F)cc([C@@H](CO)NC(=O)[C@@H](C)N2Cc3ccc(-c4nc(NC5CCOC(C)(C)C5)ncc4Cl)cc3C2=O)c1. The maximum absolute atomic E-state index is 14.0. The molecule has 2 aromatic carbocycles. The summed E-state index contributed by atoms with van der Waals surface area (Å²) in [5, 5.41) is 16.4. The van der Waals surface area contributed by atoms with Gasteiger partial charge in [0, 0.05) is 36.4 Å². The van der Waals surface area contributed by atoms with Gasteiger partial charge in [0.2, 0.25) is 11.9 Å². The Balaban J connectivity index is 1.30. The van der Waals surface area contributed by atoms with Crippen molar-refractivity contribution in [2.24, 2.45) is 0 Å². The van der Waals surface area contributed by atoms with Gasteiger partial charge < -0.3 is 30.1 Å². The number of amides is 2. The first-order valence-electron chi connectivity index (χ1n) is 14.1. The molecule has 2 aliphatic rings. The molecule has 5 rings (SSSR count). The van der Waals surface area contributed by atoms with Crippen molar-refractivity contribution in [3.63, 3.8) is 0 Å². The van der Waals surface area contributed by atoms with Gasteiger partial charge in [0.1, 0.15) is 17.6 Å². The van der Waals surface area contributed by atoms with Gasteiger partial charge in [-0.2, -0.15) is 0 Å². The molecule has 0 radical (unpaired) electrons. The molecule has 3 atom stereocenters. The Bertz CT molecular complexity index is 1540. The first-order chi connectivity index (χ1) is 20.5. The van der Waals surface area contributed by atoms with E-state index >= 15 is 0 Å². The molecule has 2 aliphatic heterocycles. The van der Waals surface area contributed by atoms with Crippen molar-refractivity contribution in [2.75, 3.05) is 25.6 Å². The summed E-state index contributed by atoms with van der Waals surface area (Å²) >= 11 is 6.50. The molecule has 1 saturated heterocycles. The summed E-state index contributed by atoms with van der Waals surface area (Å²) in [6, 6.07) is 7.76. The number of ether oxygens (including phenoxy) is 2. The zero-order chi connectivity index (χ0) is 30.9. The standard InChI is InChI=1S/C31H35ClFN5O5/c1-17(28(40)36-26(16-39)20-9-21(33)12-23(10-20)42-4)38-15-19-6-5-18(11-24(19)29(38)41)27-25(32)14-34-30(37-27)35-22-7-8-43-31(2,3)13-22/h5-6,9-12,14,17,22,26,39H,7-8,13,15-16H2,1-4H3,(H,36,40)(H,34,35,37)/t17-,22?,26-/m1/s1. The molecule has 2 amide bonds. The highest BCUT2D eigenvalue weighted by atomic mass is 35.5. The summed E-state index contributed by atoms with van der Waals surface area (Å²) in [7, 11) is 1.40. The average Bonchev–Trinajstić information content (AvgIpc) is 3.30. The van der Waals surface area contributed by atoms with E-state index in [4.69, 9.17) is 21.1 Å². The zero-order valence-corrected chi connectivity index (χ0v) is 25.2. The fourth-order valence-electron chi connectivity index (χ4n) is 5.53. The molecule has 228 valence electrons. The Hall–Kier alpha value is -3.80. The number of carbonyl (C=O) groups excluding carboxylic acids is 2. The molecular weight excluding hydrogens is 577 g/mol. The molecule has 10 nitrogen and oxygen atoms in total. The van der Waals surface area contributed by atoms with Gasteiger partial charge in [-0.05, 0) is 62.9 Å². The van der Waals surface area contributed by atoms with Crippen LogP contribution in [0.2, 0.25) is 5.02 Å². The lowest BCUT2D eigenvalue weighted by molar-refractivity contribution is -0.126. The van der Waals surface area contributed by atoms with E-state index in [2.05, 4.69) is 34.4 Å². The number of hydrogen-bond donors (Lipinski definition) is 3. The molecule has 0 bridgehead atoms. The molecule has 1 aromatic heterocycles. The van der Waals surface area contributed by atoms with Crippen LogP contribution in [-0.4, -0.2) is 69.8 Å². The topological polar surface area (TPSA) is 126 Å². The quantitative estimate of drug-likeness (QED) is 0.323. The van der Waals surface area contributed by atoms with Crippen LogP contribution in [0.3, 0.4) is 0 Å². The third-order valence-electron chi connectivity index (χ3n) is 7.87. The molecule has 0 aliphatic carbocycles. The van der Waals surface area contributed by atoms with Crippen LogP contribution in [0.25, 0.3) is 11.3 Å². The van der Waals surface area contributed by atoms with Crippen molar-refractivity contribution < 1.29 is 28.6 Å². The number of nitrogens with one attached hydrogen (secondary N) is 2.